The molecular formula is C23H19FN2O3. The standard InChI is InChI=1S/C23H19FN2O3/c1-2-20(28-18-6-4-3-5-7-18)22(27)25-17-12-13-21-19(14-17)26-23(29-21)15-8-10-16(24)11-9-15/h3-14,20H,2H2,1H3,(H,25,27)/t20-/m0/s1. The van der Waals surface area contributed by atoms with E-state index in [-0.39, 0.29) is 11.7 Å². The fourth-order valence-corrected chi connectivity index (χ4v) is 2.93. The first-order valence-electron chi connectivity index (χ1n) is 9.31. The predicted octanol–water partition coefficient (Wildman–Crippen LogP) is 5.43. The number of nitrogens with one attached hydrogen (secondary N) is 1. The van der Waals surface area contributed by atoms with E-state index in [1.807, 2.05) is 37.3 Å². The van der Waals surface area contributed by atoms with Crippen molar-refractivity contribution in [1.82, 2.24) is 4.98 Å². The molecular weight excluding hydrogens is 371 g/mol. The van der Waals surface area contributed by atoms with Gasteiger partial charge in [-0.1, -0.05) is 25.1 Å². The molecule has 146 valence electrons. The molecule has 0 saturated carbocycles. The first-order valence-corrected chi connectivity index (χ1v) is 9.31. The Morgan fingerprint density at radius 2 is 1.86 bits per heavy atom. The maximum Gasteiger partial charge on any atom is 0.265 e. The Balaban J connectivity index is 1.51. The number of hydrogen-bond donors (Lipinski definition) is 1. The molecule has 4 aromatic rings. The van der Waals surface area contributed by atoms with Gasteiger partial charge in [-0.05, 0) is 61.0 Å². The molecule has 1 aromatic heterocycles. The molecule has 29 heavy (non-hydrogen) atoms. The van der Waals surface area contributed by atoms with Crippen LogP contribution in [0.3, 0.4) is 0 Å². The van der Waals surface area contributed by atoms with Gasteiger partial charge in [-0.25, -0.2) is 9.37 Å². The molecule has 0 radical (unpaired) electrons. The number of rotatable bonds is 6. The Bertz CT molecular complexity index is 1120. The van der Waals surface area contributed by atoms with Gasteiger partial charge in [-0.15, -0.1) is 0 Å². The maximum atomic E-state index is 13.1. The van der Waals surface area contributed by atoms with Gasteiger partial charge >= 0.3 is 0 Å². The maximum absolute atomic E-state index is 13.1. The van der Waals surface area contributed by atoms with Crippen LogP contribution >= 0.6 is 0 Å². The summed E-state index contributed by atoms with van der Waals surface area (Å²) < 4.78 is 24.6. The van der Waals surface area contributed by atoms with E-state index in [1.165, 1.54) is 12.1 Å². The molecule has 1 heterocycles. The number of para-hydroxylation sites is 1. The van der Waals surface area contributed by atoms with Gasteiger partial charge in [0.1, 0.15) is 17.1 Å². The first-order chi connectivity index (χ1) is 14.1. The van der Waals surface area contributed by atoms with E-state index in [1.54, 1.807) is 30.3 Å². The van der Waals surface area contributed by atoms with Crippen molar-refractivity contribution >= 4 is 22.7 Å². The summed E-state index contributed by atoms with van der Waals surface area (Å²) in [6.45, 7) is 1.89. The summed E-state index contributed by atoms with van der Waals surface area (Å²) >= 11 is 0. The molecule has 5 nitrogen and oxygen atoms in total. The minimum absolute atomic E-state index is 0.238. The number of amides is 1. The normalized spacial score (nSPS) is 11.9. The molecule has 1 N–H and O–H groups in total. The van der Waals surface area contributed by atoms with Crippen LogP contribution in [-0.2, 0) is 4.79 Å². The molecule has 3 aromatic carbocycles. The van der Waals surface area contributed by atoms with Crippen LogP contribution in [0.1, 0.15) is 13.3 Å². The van der Waals surface area contributed by atoms with E-state index in [4.69, 9.17) is 9.15 Å². The summed E-state index contributed by atoms with van der Waals surface area (Å²) in [5, 5.41) is 2.87. The summed E-state index contributed by atoms with van der Waals surface area (Å²) in [6.07, 6.45) is -0.0815. The van der Waals surface area contributed by atoms with E-state index in [0.717, 1.165) is 0 Å². The van der Waals surface area contributed by atoms with E-state index in [0.29, 0.717) is 40.4 Å². The van der Waals surface area contributed by atoms with Crippen molar-refractivity contribution in [3.8, 4) is 17.2 Å². The zero-order chi connectivity index (χ0) is 20.2. The summed E-state index contributed by atoms with van der Waals surface area (Å²) in [5.41, 5.74) is 2.45. The molecule has 0 aliphatic carbocycles. The number of anilines is 1. The molecule has 4 rings (SSSR count). The summed E-state index contributed by atoms with van der Waals surface area (Å²) in [6, 6.07) is 20.4. The Morgan fingerprint density at radius 3 is 2.59 bits per heavy atom. The molecule has 0 aliphatic heterocycles. The second kappa shape index (κ2) is 8.14. The quantitative estimate of drug-likeness (QED) is 0.477. The second-order valence-corrected chi connectivity index (χ2v) is 6.53. The monoisotopic (exact) mass is 390 g/mol. The zero-order valence-electron chi connectivity index (χ0n) is 15.8. The topological polar surface area (TPSA) is 64.4 Å². The van der Waals surface area contributed by atoms with Crippen LogP contribution in [0.5, 0.6) is 5.75 Å². The number of hydrogen-bond acceptors (Lipinski definition) is 4. The predicted molar refractivity (Wildman–Crippen MR) is 109 cm³/mol. The van der Waals surface area contributed by atoms with Gasteiger partial charge in [0.25, 0.3) is 5.91 Å². The lowest BCUT2D eigenvalue weighted by molar-refractivity contribution is -0.122. The van der Waals surface area contributed by atoms with Gasteiger partial charge in [-0.3, -0.25) is 4.79 Å². The second-order valence-electron chi connectivity index (χ2n) is 6.53. The molecule has 1 amide bonds. The van der Waals surface area contributed by atoms with Crippen molar-refractivity contribution in [3.05, 3.63) is 78.6 Å². The van der Waals surface area contributed by atoms with Crippen molar-refractivity contribution < 1.29 is 18.3 Å². The number of fused-ring (bicyclic) bond motifs is 1. The lowest BCUT2D eigenvalue weighted by Crippen LogP contribution is -2.32. The van der Waals surface area contributed by atoms with Crippen LogP contribution in [0.25, 0.3) is 22.6 Å². The first kappa shape index (κ1) is 18.7. The summed E-state index contributed by atoms with van der Waals surface area (Å²) in [5.74, 6) is 0.476. The Kier molecular flexibility index (Phi) is 5.24. The van der Waals surface area contributed by atoms with Crippen molar-refractivity contribution in [3.63, 3.8) is 0 Å². The largest absolute Gasteiger partial charge is 0.481 e. The summed E-state index contributed by atoms with van der Waals surface area (Å²) in [4.78, 5) is 17.1. The van der Waals surface area contributed by atoms with E-state index >= 15 is 0 Å². The lowest BCUT2D eigenvalue weighted by Gasteiger charge is -2.17. The number of carbonyl (C=O) groups is 1. The molecule has 0 fully saturated rings. The van der Waals surface area contributed by atoms with E-state index in [9.17, 15) is 9.18 Å². The third kappa shape index (κ3) is 4.27. The number of oxazole rings is 1. The molecule has 0 aliphatic rings. The fraction of sp³-hybridized carbons (Fsp3) is 0.130. The van der Waals surface area contributed by atoms with Crippen molar-refractivity contribution in [1.29, 1.82) is 0 Å². The van der Waals surface area contributed by atoms with Crippen molar-refractivity contribution in [2.24, 2.45) is 0 Å². The van der Waals surface area contributed by atoms with Crippen LogP contribution in [0, 0.1) is 5.82 Å². The zero-order valence-corrected chi connectivity index (χ0v) is 15.8. The number of nitrogens with zero attached hydrogens (tertiary/aromatic N) is 1. The molecule has 0 saturated heterocycles. The molecule has 1 atom stereocenters. The average molecular weight is 390 g/mol. The summed E-state index contributed by atoms with van der Waals surface area (Å²) in [7, 11) is 0. The highest BCUT2D eigenvalue weighted by atomic mass is 19.1. The number of halogens is 1. The lowest BCUT2D eigenvalue weighted by atomic mass is 10.2. The Morgan fingerprint density at radius 1 is 1.10 bits per heavy atom. The Hall–Kier alpha value is -3.67. The third-order valence-electron chi connectivity index (χ3n) is 4.43. The van der Waals surface area contributed by atoms with Gasteiger partial charge in [0.05, 0.1) is 0 Å². The van der Waals surface area contributed by atoms with Gasteiger partial charge in [-0.2, -0.15) is 0 Å². The van der Waals surface area contributed by atoms with Gasteiger partial charge < -0.3 is 14.5 Å². The van der Waals surface area contributed by atoms with Gasteiger partial charge in [0.15, 0.2) is 11.7 Å². The molecule has 0 unspecified atom stereocenters. The van der Waals surface area contributed by atoms with Crippen LogP contribution in [0.4, 0.5) is 10.1 Å². The highest BCUT2D eigenvalue weighted by Crippen LogP contribution is 2.26. The number of ether oxygens (including phenoxy) is 1. The van der Waals surface area contributed by atoms with Crippen molar-refractivity contribution in [2.75, 3.05) is 5.32 Å². The van der Waals surface area contributed by atoms with E-state index < -0.39 is 6.10 Å². The van der Waals surface area contributed by atoms with Crippen LogP contribution in [0.2, 0.25) is 0 Å². The number of carbonyl (C=O) groups excluding carboxylic acids is 1. The van der Waals surface area contributed by atoms with Crippen LogP contribution in [-0.4, -0.2) is 17.0 Å². The van der Waals surface area contributed by atoms with Crippen LogP contribution < -0.4 is 10.1 Å². The SMILES string of the molecule is CC[C@H](Oc1ccccc1)C(=O)Nc1ccc2oc(-c3ccc(F)cc3)nc2c1. The number of benzene rings is 3. The molecule has 0 bridgehead atoms. The van der Waals surface area contributed by atoms with Gasteiger partial charge in [0, 0.05) is 11.3 Å². The smallest absolute Gasteiger partial charge is 0.265 e. The van der Waals surface area contributed by atoms with Gasteiger partial charge in [0.2, 0.25) is 5.89 Å². The number of aromatic nitrogens is 1. The Labute approximate surface area is 167 Å². The van der Waals surface area contributed by atoms with Crippen molar-refractivity contribution in [2.45, 2.75) is 19.4 Å². The molecule has 6 heteroatoms. The third-order valence-corrected chi connectivity index (χ3v) is 4.43. The fourth-order valence-electron chi connectivity index (χ4n) is 2.93. The average Bonchev–Trinajstić information content (AvgIpc) is 3.16. The van der Waals surface area contributed by atoms with Crippen LogP contribution in [0.15, 0.2) is 77.2 Å². The molecule has 0 spiro atoms. The highest BCUT2D eigenvalue weighted by Gasteiger charge is 2.19. The van der Waals surface area contributed by atoms with E-state index in [2.05, 4.69) is 10.3 Å². The minimum Gasteiger partial charge on any atom is -0.481 e. The highest BCUT2D eigenvalue weighted by molar-refractivity contribution is 5.96. The minimum atomic E-state index is -0.611.